The van der Waals surface area contributed by atoms with Crippen molar-refractivity contribution < 1.29 is 0 Å². The summed E-state index contributed by atoms with van der Waals surface area (Å²) >= 11 is 5.48. The van der Waals surface area contributed by atoms with Crippen LogP contribution in [0.15, 0.2) is 15.4 Å². The zero-order chi connectivity index (χ0) is 13.7. The molecule has 0 aliphatic carbocycles. The first-order valence-electron chi connectivity index (χ1n) is 7.18. The molecule has 22 heavy (non-hydrogen) atoms. The second kappa shape index (κ2) is 7.19. The van der Waals surface area contributed by atoms with Crippen molar-refractivity contribution in [3.63, 3.8) is 0 Å². The van der Waals surface area contributed by atoms with Crippen molar-refractivity contribution in [1.82, 2.24) is 5.32 Å². The van der Waals surface area contributed by atoms with Crippen LogP contribution in [0.1, 0.15) is 29.9 Å². The Morgan fingerprint density at radius 3 is 3.00 bits per heavy atom. The van der Waals surface area contributed by atoms with E-state index >= 15 is 0 Å². The van der Waals surface area contributed by atoms with Crippen molar-refractivity contribution in [2.45, 2.75) is 29.7 Å². The number of nitriles is 1. The number of nitrogens with one attached hydrogen (secondary N) is 1. The lowest BCUT2D eigenvalue weighted by molar-refractivity contribution is 0.403. The largest absolute Gasteiger partial charge is 0.367 e. The fourth-order valence-corrected chi connectivity index (χ4v) is 5.66. The molecule has 120 valence electrons. The summed E-state index contributed by atoms with van der Waals surface area (Å²) in [5.41, 5.74) is 3.63. The van der Waals surface area contributed by atoms with E-state index in [1.807, 2.05) is 11.8 Å². The highest BCUT2D eigenvalue weighted by Crippen LogP contribution is 2.52. The van der Waals surface area contributed by atoms with Crippen LogP contribution in [0, 0.1) is 11.3 Å². The summed E-state index contributed by atoms with van der Waals surface area (Å²) in [7, 11) is 0. The average molecular weight is 423 g/mol. The molecule has 3 heterocycles. The summed E-state index contributed by atoms with van der Waals surface area (Å²) in [5, 5.41) is 13.0. The van der Waals surface area contributed by atoms with Gasteiger partial charge in [0.25, 0.3) is 0 Å². The lowest BCUT2D eigenvalue weighted by atomic mass is 9.90. The van der Waals surface area contributed by atoms with Crippen molar-refractivity contribution in [2.24, 2.45) is 0 Å². The Morgan fingerprint density at radius 1 is 1.41 bits per heavy atom. The quantitative estimate of drug-likeness (QED) is 0.687. The van der Waals surface area contributed by atoms with Crippen molar-refractivity contribution in [3.8, 4) is 6.07 Å². The van der Waals surface area contributed by atoms with Gasteiger partial charge in [-0.2, -0.15) is 5.26 Å². The highest BCUT2D eigenvalue weighted by Gasteiger charge is 2.42. The summed E-state index contributed by atoms with van der Waals surface area (Å²) in [6, 6.07) is 5.23. The molecule has 1 aromatic carbocycles. The van der Waals surface area contributed by atoms with Crippen molar-refractivity contribution in [2.75, 3.05) is 30.3 Å². The van der Waals surface area contributed by atoms with E-state index in [-0.39, 0.29) is 24.8 Å². The van der Waals surface area contributed by atoms with Gasteiger partial charge < -0.3 is 10.2 Å². The van der Waals surface area contributed by atoms with E-state index in [9.17, 15) is 5.26 Å². The fourth-order valence-electron chi connectivity index (χ4n) is 3.85. The van der Waals surface area contributed by atoms with Crippen molar-refractivity contribution >= 4 is 58.2 Å². The molecule has 0 bridgehead atoms. The minimum atomic E-state index is 0. The summed E-state index contributed by atoms with van der Waals surface area (Å²) in [6.07, 6.45) is 2.42. The highest BCUT2D eigenvalue weighted by atomic mass is 79.9. The Morgan fingerprint density at radius 2 is 2.23 bits per heavy atom. The standard InChI is InChI=1S/C15H16BrN3S.2ClH/c16-12-6-9-11-8-18-3-2-13(11)19-4-1-5-20-15(14(9)19)10(12)7-17;;/h6,11,13,18H,1-5,8H2;2*1H/t11-,13-;;/m0../s1. The molecule has 2 atom stereocenters. The molecule has 0 spiro atoms. The van der Waals surface area contributed by atoms with E-state index in [0.29, 0.717) is 12.0 Å². The number of hydrogen-bond acceptors (Lipinski definition) is 4. The van der Waals surface area contributed by atoms with Gasteiger partial charge in [0.2, 0.25) is 0 Å². The first-order valence-corrected chi connectivity index (χ1v) is 8.95. The van der Waals surface area contributed by atoms with Crippen molar-refractivity contribution in [1.29, 1.82) is 5.26 Å². The number of piperidine rings is 1. The third kappa shape index (κ3) is 2.63. The van der Waals surface area contributed by atoms with Gasteiger partial charge in [-0.15, -0.1) is 36.6 Å². The second-order valence-corrected chi connectivity index (χ2v) is 7.63. The molecule has 1 N–H and O–H groups in total. The first kappa shape index (κ1) is 18.2. The lowest BCUT2D eigenvalue weighted by Gasteiger charge is -2.33. The minimum Gasteiger partial charge on any atom is -0.367 e. The van der Waals surface area contributed by atoms with Crippen LogP contribution in [0.4, 0.5) is 5.69 Å². The van der Waals surface area contributed by atoms with E-state index in [0.717, 1.165) is 35.4 Å². The molecule has 0 saturated carbocycles. The molecule has 1 aromatic rings. The Bertz CT molecular complexity index is 620. The van der Waals surface area contributed by atoms with E-state index in [1.54, 1.807) is 0 Å². The van der Waals surface area contributed by atoms with Crippen LogP contribution in [0.2, 0.25) is 0 Å². The molecule has 7 heteroatoms. The Hall–Kier alpha value is -0.120. The molecule has 1 fully saturated rings. The van der Waals surface area contributed by atoms with Crippen LogP contribution in [0.3, 0.4) is 0 Å². The molecule has 3 nitrogen and oxygen atoms in total. The maximum atomic E-state index is 9.50. The highest BCUT2D eigenvalue weighted by molar-refractivity contribution is 9.10. The zero-order valence-electron chi connectivity index (χ0n) is 12.0. The number of nitrogens with zero attached hydrogens (tertiary/aromatic N) is 2. The normalized spacial score (nSPS) is 25.0. The van der Waals surface area contributed by atoms with E-state index in [2.05, 4.69) is 38.3 Å². The van der Waals surface area contributed by atoms with E-state index in [4.69, 9.17) is 0 Å². The van der Waals surface area contributed by atoms with Gasteiger partial charge in [-0.05, 0) is 52.7 Å². The Labute approximate surface area is 156 Å². The van der Waals surface area contributed by atoms with Gasteiger partial charge in [-0.3, -0.25) is 0 Å². The molecule has 0 radical (unpaired) electrons. The summed E-state index contributed by atoms with van der Waals surface area (Å²) in [4.78, 5) is 3.81. The van der Waals surface area contributed by atoms with Gasteiger partial charge >= 0.3 is 0 Å². The van der Waals surface area contributed by atoms with Crippen LogP contribution in [0.25, 0.3) is 0 Å². The van der Waals surface area contributed by atoms with Gasteiger partial charge in [0.1, 0.15) is 6.07 Å². The Kier molecular flexibility index (Phi) is 5.95. The van der Waals surface area contributed by atoms with E-state index < -0.39 is 0 Å². The SMILES string of the molecule is Cl.Cl.N#Cc1c(Br)cc2c3c1SCCCN3[C@H]1CCNC[C@@H]21. The third-order valence-corrected chi connectivity index (χ3v) is 6.48. The molecule has 0 amide bonds. The number of thioether (sulfide) groups is 1. The summed E-state index contributed by atoms with van der Waals surface area (Å²) in [6.45, 7) is 3.32. The monoisotopic (exact) mass is 421 g/mol. The average Bonchev–Trinajstić information content (AvgIpc) is 2.63. The second-order valence-electron chi connectivity index (χ2n) is 5.67. The predicted octanol–water partition coefficient (Wildman–Crippen LogP) is 3.93. The molecule has 0 aromatic heterocycles. The molecule has 3 aliphatic heterocycles. The molecule has 1 saturated heterocycles. The van der Waals surface area contributed by atoms with Crippen LogP contribution < -0.4 is 10.2 Å². The Balaban J connectivity index is 0.000000882. The summed E-state index contributed by atoms with van der Waals surface area (Å²) < 4.78 is 0.967. The van der Waals surface area contributed by atoms with Crippen LogP contribution in [0.5, 0.6) is 0 Å². The van der Waals surface area contributed by atoms with Crippen LogP contribution in [-0.2, 0) is 0 Å². The summed E-state index contributed by atoms with van der Waals surface area (Å²) in [5.74, 6) is 1.70. The number of anilines is 1. The van der Waals surface area contributed by atoms with Gasteiger partial charge in [-0.25, -0.2) is 0 Å². The number of rotatable bonds is 0. The predicted molar refractivity (Wildman–Crippen MR) is 100 cm³/mol. The van der Waals surface area contributed by atoms with Gasteiger partial charge in [-0.1, -0.05) is 0 Å². The maximum Gasteiger partial charge on any atom is 0.102 e. The molecule has 0 unspecified atom stereocenters. The van der Waals surface area contributed by atoms with Crippen molar-refractivity contribution in [3.05, 3.63) is 21.7 Å². The van der Waals surface area contributed by atoms with Gasteiger partial charge in [0.15, 0.2) is 0 Å². The van der Waals surface area contributed by atoms with Crippen LogP contribution in [-0.4, -0.2) is 31.4 Å². The zero-order valence-corrected chi connectivity index (χ0v) is 16.0. The number of benzene rings is 1. The first-order chi connectivity index (χ1) is 9.81. The molecule has 4 rings (SSSR count). The van der Waals surface area contributed by atoms with Crippen LogP contribution >= 0.6 is 52.5 Å². The topological polar surface area (TPSA) is 39.1 Å². The lowest BCUT2D eigenvalue weighted by Crippen LogP contribution is -2.44. The van der Waals surface area contributed by atoms with Gasteiger partial charge in [0, 0.05) is 34.4 Å². The fraction of sp³-hybridized carbons (Fsp3) is 0.533. The third-order valence-electron chi connectivity index (χ3n) is 4.67. The maximum absolute atomic E-state index is 9.50. The molecular formula is C15H18BrCl2N3S. The van der Waals surface area contributed by atoms with Gasteiger partial charge in [0.05, 0.1) is 11.3 Å². The number of fused-ring (bicyclic) bond motifs is 3. The minimum absolute atomic E-state index is 0. The number of halogens is 3. The van der Waals surface area contributed by atoms with E-state index in [1.165, 1.54) is 29.0 Å². The number of hydrogen-bond donors (Lipinski definition) is 1. The smallest absolute Gasteiger partial charge is 0.102 e. The molecule has 3 aliphatic rings. The molecular weight excluding hydrogens is 405 g/mol.